The van der Waals surface area contributed by atoms with E-state index in [0.717, 1.165) is 24.5 Å². The Morgan fingerprint density at radius 3 is 2.36 bits per heavy atom. The average Bonchev–Trinajstić information content (AvgIpc) is 2.65. The zero-order chi connectivity index (χ0) is 20.6. The van der Waals surface area contributed by atoms with Crippen molar-refractivity contribution in [2.75, 3.05) is 12.4 Å². The molecular weight excluding hydrogens is 380 g/mol. The molecule has 0 aliphatic rings. The quantitative estimate of drug-likeness (QED) is 0.546. The largest absolute Gasteiger partial charge is 0.507 e. The van der Waals surface area contributed by atoms with Crippen molar-refractivity contribution in [2.45, 2.75) is 43.9 Å². The smallest absolute Gasteiger partial charge is 0.339 e. The number of benzene rings is 2. The number of carboxylic acids is 1. The Balaban J connectivity index is 1.89. The fourth-order valence-corrected chi connectivity index (χ4v) is 3.88. The Morgan fingerprint density at radius 2 is 1.75 bits per heavy atom. The number of aromatic carboxylic acids is 1. The number of aromatic hydroxyl groups is 1. The van der Waals surface area contributed by atoms with Gasteiger partial charge in [0.05, 0.1) is 10.6 Å². The summed E-state index contributed by atoms with van der Waals surface area (Å²) in [5.41, 5.74) is 0.884. The Hall–Kier alpha value is -2.54. The second kappa shape index (κ2) is 10.1. The van der Waals surface area contributed by atoms with E-state index in [9.17, 15) is 18.3 Å². The summed E-state index contributed by atoms with van der Waals surface area (Å²) in [5.74, 6) is -1.69. The summed E-state index contributed by atoms with van der Waals surface area (Å²) in [7, 11) is -3.49. The maximum atomic E-state index is 12.4. The third kappa shape index (κ3) is 6.27. The first kappa shape index (κ1) is 21.8. The molecule has 0 atom stereocenters. The monoisotopic (exact) mass is 406 g/mol. The van der Waals surface area contributed by atoms with Crippen LogP contribution in [-0.2, 0) is 16.3 Å². The third-order valence-corrected chi connectivity index (χ3v) is 6.12. The predicted octanol–water partition coefficient (Wildman–Crippen LogP) is 4.07. The zero-order valence-corrected chi connectivity index (χ0v) is 16.7. The van der Waals surface area contributed by atoms with Gasteiger partial charge >= 0.3 is 5.97 Å². The van der Waals surface area contributed by atoms with Crippen molar-refractivity contribution >= 4 is 15.8 Å². The minimum atomic E-state index is -3.49. The second-order valence-electron chi connectivity index (χ2n) is 6.61. The van der Waals surface area contributed by atoms with Crippen LogP contribution in [0.4, 0.5) is 0 Å². The standard InChI is InChI=1S/C21H26O6S/c1-2-3-4-5-6-16-7-10-18(11-8-16)28(25,26)14-13-27-17-9-12-19(21(23)24)20(22)15-17/h7-12,15,22H,2-6,13-14H2,1H3,(H,23,24). The first-order valence-electron chi connectivity index (χ1n) is 9.34. The number of unbranched alkanes of at least 4 members (excludes halogenated alkanes) is 3. The molecule has 0 radical (unpaired) electrons. The highest BCUT2D eigenvalue weighted by Crippen LogP contribution is 2.24. The SMILES string of the molecule is CCCCCCc1ccc(S(=O)(=O)CCOc2ccc(C(=O)O)c(O)c2)cc1. The topological polar surface area (TPSA) is 101 Å². The van der Waals surface area contributed by atoms with E-state index in [4.69, 9.17) is 9.84 Å². The van der Waals surface area contributed by atoms with Gasteiger partial charge in [-0.05, 0) is 42.7 Å². The molecule has 2 N–H and O–H groups in total. The summed E-state index contributed by atoms with van der Waals surface area (Å²) < 4.78 is 30.2. The molecule has 2 rings (SSSR count). The molecule has 0 heterocycles. The van der Waals surface area contributed by atoms with Gasteiger partial charge in [-0.3, -0.25) is 0 Å². The average molecular weight is 407 g/mol. The first-order valence-corrected chi connectivity index (χ1v) is 11.0. The molecule has 0 aromatic heterocycles. The molecule has 7 heteroatoms. The molecule has 0 fully saturated rings. The number of ether oxygens (including phenoxy) is 1. The number of rotatable bonds is 11. The lowest BCUT2D eigenvalue weighted by Gasteiger charge is -2.09. The molecule has 152 valence electrons. The van der Waals surface area contributed by atoms with E-state index in [-0.39, 0.29) is 28.6 Å². The molecule has 0 aliphatic carbocycles. The molecule has 2 aromatic carbocycles. The van der Waals surface area contributed by atoms with Gasteiger partial charge in [0.1, 0.15) is 23.7 Å². The van der Waals surface area contributed by atoms with Crippen LogP contribution in [0.5, 0.6) is 11.5 Å². The number of phenols is 1. The van der Waals surface area contributed by atoms with E-state index in [2.05, 4.69) is 6.92 Å². The van der Waals surface area contributed by atoms with Crippen molar-refractivity contribution in [2.24, 2.45) is 0 Å². The minimum absolute atomic E-state index is 0.104. The van der Waals surface area contributed by atoms with Gasteiger partial charge in [0, 0.05) is 6.07 Å². The third-order valence-electron chi connectivity index (χ3n) is 4.42. The van der Waals surface area contributed by atoms with E-state index in [1.807, 2.05) is 12.1 Å². The highest BCUT2D eigenvalue weighted by Gasteiger charge is 2.15. The molecule has 0 spiro atoms. The van der Waals surface area contributed by atoms with E-state index in [1.54, 1.807) is 12.1 Å². The lowest BCUT2D eigenvalue weighted by Crippen LogP contribution is -2.14. The summed E-state index contributed by atoms with van der Waals surface area (Å²) in [4.78, 5) is 11.1. The van der Waals surface area contributed by atoms with E-state index < -0.39 is 21.6 Å². The van der Waals surface area contributed by atoms with Gasteiger partial charge in [-0.25, -0.2) is 13.2 Å². The fraction of sp³-hybridized carbons (Fsp3) is 0.381. The number of hydrogen-bond donors (Lipinski definition) is 2. The number of carboxylic acid groups (broad SMARTS) is 1. The molecule has 0 saturated carbocycles. The maximum Gasteiger partial charge on any atom is 0.339 e. The van der Waals surface area contributed by atoms with Crippen molar-refractivity contribution in [3.05, 3.63) is 53.6 Å². The van der Waals surface area contributed by atoms with Crippen LogP contribution in [-0.4, -0.2) is 37.0 Å². The summed E-state index contributed by atoms with van der Waals surface area (Å²) in [6.07, 6.45) is 5.61. The van der Waals surface area contributed by atoms with Crippen LogP contribution in [0.25, 0.3) is 0 Å². The van der Waals surface area contributed by atoms with Crippen LogP contribution >= 0.6 is 0 Å². The summed E-state index contributed by atoms with van der Waals surface area (Å²) in [6, 6.07) is 10.7. The maximum absolute atomic E-state index is 12.4. The van der Waals surface area contributed by atoms with Crippen LogP contribution in [0.3, 0.4) is 0 Å². The molecule has 0 aliphatic heterocycles. The molecular formula is C21H26O6S. The molecule has 6 nitrogen and oxygen atoms in total. The van der Waals surface area contributed by atoms with Crippen molar-refractivity contribution in [1.29, 1.82) is 0 Å². The van der Waals surface area contributed by atoms with Gasteiger partial charge in [-0.15, -0.1) is 0 Å². The van der Waals surface area contributed by atoms with E-state index in [1.165, 1.54) is 31.4 Å². The molecule has 28 heavy (non-hydrogen) atoms. The number of carbonyl (C=O) groups is 1. The lowest BCUT2D eigenvalue weighted by atomic mass is 10.1. The van der Waals surface area contributed by atoms with Gasteiger partial charge in [-0.2, -0.15) is 0 Å². The Bertz CT molecular complexity index is 888. The van der Waals surface area contributed by atoms with Crippen molar-refractivity contribution < 1.29 is 28.2 Å². The Morgan fingerprint density at radius 1 is 1.04 bits per heavy atom. The zero-order valence-electron chi connectivity index (χ0n) is 15.9. The number of hydrogen-bond acceptors (Lipinski definition) is 5. The number of aryl methyl sites for hydroxylation is 1. The summed E-state index contributed by atoms with van der Waals surface area (Å²) >= 11 is 0. The van der Waals surface area contributed by atoms with Gasteiger partial charge in [0.15, 0.2) is 9.84 Å². The Kier molecular flexibility index (Phi) is 7.87. The summed E-state index contributed by atoms with van der Waals surface area (Å²) in [5, 5.41) is 18.5. The summed E-state index contributed by atoms with van der Waals surface area (Å²) in [6.45, 7) is 2.06. The first-order chi connectivity index (χ1) is 13.3. The van der Waals surface area contributed by atoms with Gasteiger partial charge < -0.3 is 14.9 Å². The number of sulfone groups is 1. The van der Waals surface area contributed by atoms with Gasteiger partial charge in [-0.1, -0.05) is 38.3 Å². The fourth-order valence-electron chi connectivity index (χ4n) is 2.79. The molecule has 0 unspecified atom stereocenters. The van der Waals surface area contributed by atoms with Crippen LogP contribution in [0.2, 0.25) is 0 Å². The molecule has 0 bridgehead atoms. The van der Waals surface area contributed by atoms with Crippen molar-refractivity contribution in [3.63, 3.8) is 0 Å². The Labute approximate surface area is 165 Å². The molecule has 0 amide bonds. The van der Waals surface area contributed by atoms with Gasteiger partial charge in [0.25, 0.3) is 0 Å². The normalized spacial score (nSPS) is 11.3. The van der Waals surface area contributed by atoms with Crippen LogP contribution in [0.1, 0.15) is 48.5 Å². The van der Waals surface area contributed by atoms with Crippen LogP contribution < -0.4 is 4.74 Å². The lowest BCUT2D eigenvalue weighted by molar-refractivity contribution is 0.0693. The van der Waals surface area contributed by atoms with Crippen LogP contribution in [0, 0.1) is 0 Å². The van der Waals surface area contributed by atoms with Crippen molar-refractivity contribution in [1.82, 2.24) is 0 Å². The van der Waals surface area contributed by atoms with Crippen LogP contribution in [0.15, 0.2) is 47.4 Å². The molecule has 2 aromatic rings. The van der Waals surface area contributed by atoms with E-state index in [0.29, 0.717) is 0 Å². The van der Waals surface area contributed by atoms with E-state index >= 15 is 0 Å². The van der Waals surface area contributed by atoms with Gasteiger partial charge in [0.2, 0.25) is 0 Å². The van der Waals surface area contributed by atoms with Crippen molar-refractivity contribution in [3.8, 4) is 11.5 Å². The highest BCUT2D eigenvalue weighted by atomic mass is 32.2. The predicted molar refractivity (Wildman–Crippen MR) is 107 cm³/mol. The molecule has 0 saturated heterocycles. The second-order valence-corrected chi connectivity index (χ2v) is 8.72. The highest BCUT2D eigenvalue weighted by molar-refractivity contribution is 7.91. The minimum Gasteiger partial charge on any atom is -0.507 e.